The van der Waals surface area contributed by atoms with Gasteiger partial charge in [0.2, 0.25) is 0 Å². The maximum absolute atomic E-state index is 12.6. The van der Waals surface area contributed by atoms with Gasteiger partial charge in [-0.1, -0.05) is 42.5 Å². The Morgan fingerprint density at radius 1 is 0.964 bits per heavy atom. The van der Waals surface area contributed by atoms with E-state index in [0.29, 0.717) is 32.3 Å². The summed E-state index contributed by atoms with van der Waals surface area (Å²) in [4.78, 5) is 16.9. The lowest BCUT2D eigenvalue weighted by Gasteiger charge is -2.37. The van der Waals surface area contributed by atoms with Gasteiger partial charge in [0.25, 0.3) is 5.91 Å². The number of hydrogen-bond donors (Lipinski definition) is 0. The molecule has 4 rings (SSSR count). The topological polar surface area (TPSA) is 42.0 Å². The fourth-order valence-corrected chi connectivity index (χ4v) is 3.95. The smallest absolute Gasteiger partial charge is 0.254 e. The van der Waals surface area contributed by atoms with E-state index in [-0.39, 0.29) is 12.0 Å². The molecule has 0 aliphatic carbocycles. The monoisotopic (exact) mass is 380 g/mol. The third-order valence-electron chi connectivity index (χ3n) is 5.76. The average molecular weight is 380 g/mol. The Morgan fingerprint density at radius 3 is 2.39 bits per heavy atom. The third kappa shape index (κ3) is 4.27. The highest BCUT2D eigenvalue weighted by Crippen LogP contribution is 2.28. The van der Waals surface area contributed by atoms with E-state index in [0.717, 1.165) is 30.8 Å². The highest BCUT2D eigenvalue weighted by atomic mass is 16.5. The number of carbonyl (C=O) groups is 1. The molecule has 0 spiro atoms. The molecule has 5 nitrogen and oxygen atoms in total. The fraction of sp³-hybridized carbons (Fsp3) is 0.435. The maximum atomic E-state index is 12.6. The van der Waals surface area contributed by atoms with Crippen molar-refractivity contribution in [2.24, 2.45) is 0 Å². The number of nitrogens with zero attached hydrogens (tertiary/aromatic N) is 2. The van der Waals surface area contributed by atoms with Crippen LogP contribution in [-0.4, -0.2) is 61.7 Å². The number of amides is 1. The van der Waals surface area contributed by atoms with Gasteiger partial charge < -0.3 is 14.4 Å². The molecular formula is C23H28N2O3. The summed E-state index contributed by atoms with van der Waals surface area (Å²) in [6, 6.07) is 18.9. The van der Waals surface area contributed by atoms with Crippen LogP contribution in [0.3, 0.4) is 0 Å². The summed E-state index contributed by atoms with van der Waals surface area (Å²) in [6.45, 7) is 7.33. The second-order valence-corrected chi connectivity index (χ2v) is 7.47. The lowest BCUT2D eigenvalue weighted by atomic mass is 10.0. The first kappa shape index (κ1) is 19.1. The molecule has 2 aromatic carbocycles. The Hall–Kier alpha value is -2.21. The molecule has 28 heavy (non-hydrogen) atoms. The van der Waals surface area contributed by atoms with Gasteiger partial charge in [-0.3, -0.25) is 9.69 Å². The molecule has 2 aromatic rings. The first-order valence-corrected chi connectivity index (χ1v) is 10.1. The molecule has 1 amide bonds. The summed E-state index contributed by atoms with van der Waals surface area (Å²) >= 11 is 0. The highest BCUT2D eigenvalue weighted by Gasteiger charge is 2.26. The number of hydrogen-bond acceptors (Lipinski definition) is 4. The van der Waals surface area contributed by atoms with E-state index < -0.39 is 0 Å². The van der Waals surface area contributed by atoms with E-state index in [1.54, 1.807) is 0 Å². The van der Waals surface area contributed by atoms with Crippen molar-refractivity contribution in [2.45, 2.75) is 19.1 Å². The van der Waals surface area contributed by atoms with Gasteiger partial charge in [-0.15, -0.1) is 0 Å². The number of ether oxygens (including phenoxy) is 2. The van der Waals surface area contributed by atoms with E-state index in [2.05, 4.69) is 42.2 Å². The van der Waals surface area contributed by atoms with Gasteiger partial charge >= 0.3 is 0 Å². The Morgan fingerprint density at radius 2 is 1.68 bits per heavy atom. The molecule has 2 heterocycles. The Balaban J connectivity index is 1.41. The largest absolute Gasteiger partial charge is 0.378 e. The minimum absolute atomic E-state index is 0.0347. The maximum Gasteiger partial charge on any atom is 0.254 e. The van der Waals surface area contributed by atoms with Crippen LogP contribution in [0.5, 0.6) is 0 Å². The summed E-state index contributed by atoms with van der Waals surface area (Å²) in [5.74, 6) is 0.0822. The molecule has 0 aromatic heterocycles. The predicted octanol–water partition coefficient (Wildman–Crippen LogP) is 3.29. The normalized spacial score (nSPS) is 22.0. The van der Waals surface area contributed by atoms with Gasteiger partial charge in [-0.2, -0.15) is 0 Å². The van der Waals surface area contributed by atoms with Crippen LogP contribution >= 0.6 is 0 Å². The van der Waals surface area contributed by atoms with E-state index in [4.69, 9.17) is 9.47 Å². The number of morpholine rings is 2. The zero-order valence-electron chi connectivity index (χ0n) is 16.4. The average Bonchev–Trinajstić information content (AvgIpc) is 2.79. The molecule has 0 radical (unpaired) electrons. The van der Waals surface area contributed by atoms with Crippen LogP contribution < -0.4 is 0 Å². The minimum Gasteiger partial charge on any atom is -0.378 e. The quantitative estimate of drug-likeness (QED) is 0.816. The summed E-state index contributed by atoms with van der Waals surface area (Å²) < 4.78 is 11.4. The van der Waals surface area contributed by atoms with Crippen molar-refractivity contribution in [3.05, 3.63) is 71.3 Å². The standard InChI is InChI=1S/C23H28N2O3/c1-18(19-5-3-2-4-6-19)25-13-16-28-22(17-25)20-7-9-21(10-8-20)23(26)24-11-14-27-15-12-24/h2-10,18,22H,11-17H2,1H3. The van der Waals surface area contributed by atoms with Gasteiger partial charge in [0, 0.05) is 37.8 Å². The van der Waals surface area contributed by atoms with Crippen LogP contribution in [0.15, 0.2) is 54.6 Å². The molecule has 2 aliphatic rings. The molecule has 2 aliphatic heterocycles. The first-order chi connectivity index (χ1) is 13.7. The first-order valence-electron chi connectivity index (χ1n) is 10.1. The van der Waals surface area contributed by atoms with E-state index in [1.165, 1.54) is 5.56 Å². The highest BCUT2D eigenvalue weighted by molar-refractivity contribution is 5.94. The zero-order valence-corrected chi connectivity index (χ0v) is 16.4. The van der Waals surface area contributed by atoms with Crippen LogP contribution in [0.4, 0.5) is 0 Å². The van der Waals surface area contributed by atoms with Gasteiger partial charge in [0.05, 0.1) is 25.9 Å². The molecule has 2 saturated heterocycles. The number of carbonyl (C=O) groups excluding carboxylic acids is 1. The lowest BCUT2D eigenvalue weighted by molar-refractivity contribution is -0.0431. The second-order valence-electron chi connectivity index (χ2n) is 7.47. The van der Waals surface area contributed by atoms with Crippen LogP contribution in [0.1, 0.15) is 40.6 Å². The van der Waals surface area contributed by atoms with E-state index in [9.17, 15) is 4.79 Å². The van der Waals surface area contributed by atoms with Crippen molar-refractivity contribution >= 4 is 5.91 Å². The van der Waals surface area contributed by atoms with Gasteiger partial charge in [0.1, 0.15) is 0 Å². The molecule has 0 bridgehead atoms. The van der Waals surface area contributed by atoms with E-state index >= 15 is 0 Å². The molecule has 0 saturated carbocycles. The minimum atomic E-state index is 0.0347. The van der Waals surface area contributed by atoms with Crippen LogP contribution in [0.25, 0.3) is 0 Å². The molecule has 2 fully saturated rings. The second kappa shape index (κ2) is 8.86. The van der Waals surface area contributed by atoms with Crippen LogP contribution in [0, 0.1) is 0 Å². The SMILES string of the molecule is CC(c1ccccc1)N1CCOC(c2ccc(C(=O)N3CCOCC3)cc2)C1. The van der Waals surface area contributed by atoms with Crippen LogP contribution in [0.2, 0.25) is 0 Å². The number of rotatable bonds is 4. The zero-order chi connectivity index (χ0) is 19.3. The van der Waals surface area contributed by atoms with Crippen molar-refractivity contribution in [2.75, 3.05) is 46.0 Å². The Kier molecular flexibility index (Phi) is 6.05. The summed E-state index contributed by atoms with van der Waals surface area (Å²) in [6.07, 6.45) is 0.0347. The van der Waals surface area contributed by atoms with E-state index in [1.807, 2.05) is 29.2 Å². The number of benzene rings is 2. The fourth-order valence-electron chi connectivity index (χ4n) is 3.95. The molecule has 0 N–H and O–H groups in total. The molecule has 2 unspecified atom stereocenters. The van der Waals surface area contributed by atoms with Gasteiger partial charge in [-0.25, -0.2) is 0 Å². The summed E-state index contributed by atoms with van der Waals surface area (Å²) in [5, 5.41) is 0. The summed E-state index contributed by atoms with van der Waals surface area (Å²) in [5.41, 5.74) is 3.19. The predicted molar refractivity (Wildman–Crippen MR) is 108 cm³/mol. The van der Waals surface area contributed by atoms with Crippen molar-refractivity contribution < 1.29 is 14.3 Å². The van der Waals surface area contributed by atoms with Gasteiger partial charge in [0.15, 0.2) is 0 Å². The Labute approximate surface area is 166 Å². The van der Waals surface area contributed by atoms with Crippen molar-refractivity contribution in [3.8, 4) is 0 Å². The molecule has 148 valence electrons. The van der Waals surface area contributed by atoms with Crippen LogP contribution in [-0.2, 0) is 9.47 Å². The molecule has 5 heteroatoms. The van der Waals surface area contributed by atoms with Crippen molar-refractivity contribution in [1.29, 1.82) is 0 Å². The summed E-state index contributed by atoms with van der Waals surface area (Å²) in [7, 11) is 0. The third-order valence-corrected chi connectivity index (χ3v) is 5.76. The van der Waals surface area contributed by atoms with Crippen molar-refractivity contribution in [3.63, 3.8) is 0 Å². The molecular weight excluding hydrogens is 352 g/mol. The Bertz CT molecular complexity index is 772. The lowest BCUT2D eigenvalue weighted by Crippen LogP contribution is -2.40. The molecule has 2 atom stereocenters. The van der Waals surface area contributed by atoms with Gasteiger partial charge in [-0.05, 0) is 30.2 Å². The van der Waals surface area contributed by atoms with Crippen molar-refractivity contribution in [1.82, 2.24) is 9.80 Å².